The number of thioether (sulfide) groups is 1. The van der Waals surface area contributed by atoms with Crippen molar-refractivity contribution in [3.63, 3.8) is 0 Å². The number of hydrogen-bond acceptors (Lipinski definition) is 5. The highest BCUT2D eigenvalue weighted by molar-refractivity contribution is 8.00. The number of nitro groups is 2. The van der Waals surface area contributed by atoms with E-state index in [1.165, 1.54) is 11.8 Å². The largest absolute Gasteiger partial charge is 0.264 e. The van der Waals surface area contributed by atoms with Gasteiger partial charge in [-0.2, -0.15) is 0 Å². The van der Waals surface area contributed by atoms with Crippen LogP contribution in [0.5, 0.6) is 0 Å². The lowest BCUT2D eigenvalue weighted by Gasteiger charge is -2.36. The molecule has 4 atom stereocenters. The SMILES string of the molecule is O=[N+]([O-])C1CCC2SC1CCC2[N+](=O)[O-]. The standard InChI is InChI=1S/C8H12N2O4S/c11-9(12)5-1-3-7-6(10(13)14)2-4-8(5)15-7/h5-8H,1-4H2. The second-order valence-electron chi connectivity index (χ2n) is 4.07. The van der Waals surface area contributed by atoms with E-state index in [0.29, 0.717) is 25.7 Å². The molecule has 0 saturated carbocycles. The fraction of sp³-hybridized carbons (Fsp3) is 1.00. The summed E-state index contributed by atoms with van der Waals surface area (Å²) >= 11 is 1.46. The first-order valence-electron chi connectivity index (χ1n) is 5.02. The van der Waals surface area contributed by atoms with E-state index in [9.17, 15) is 20.2 Å². The van der Waals surface area contributed by atoms with E-state index in [-0.39, 0.29) is 20.3 Å². The average Bonchev–Trinajstić information content (AvgIpc) is 2.17. The first kappa shape index (κ1) is 10.7. The lowest BCUT2D eigenvalue weighted by Crippen LogP contribution is -2.47. The molecule has 2 aliphatic rings. The van der Waals surface area contributed by atoms with E-state index < -0.39 is 12.1 Å². The van der Waals surface area contributed by atoms with Gasteiger partial charge >= 0.3 is 0 Å². The zero-order chi connectivity index (χ0) is 11.0. The van der Waals surface area contributed by atoms with Gasteiger partial charge in [0.25, 0.3) is 0 Å². The molecule has 2 aliphatic heterocycles. The van der Waals surface area contributed by atoms with E-state index in [4.69, 9.17) is 0 Å². The van der Waals surface area contributed by atoms with E-state index in [1.54, 1.807) is 0 Å². The van der Waals surface area contributed by atoms with Gasteiger partial charge in [-0.1, -0.05) is 0 Å². The topological polar surface area (TPSA) is 86.3 Å². The third-order valence-electron chi connectivity index (χ3n) is 3.24. The number of hydrogen-bond donors (Lipinski definition) is 0. The fourth-order valence-electron chi connectivity index (χ4n) is 2.45. The molecule has 7 heteroatoms. The highest BCUT2D eigenvalue weighted by Crippen LogP contribution is 2.43. The Balaban J connectivity index is 2.05. The maximum Gasteiger partial charge on any atom is 0.224 e. The Hall–Kier alpha value is -0.850. The molecule has 84 valence electrons. The van der Waals surface area contributed by atoms with Gasteiger partial charge in [-0.05, 0) is 12.8 Å². The van der Waals surface area contributed by atoms with Gasteiger partial charge < -0.3 is 0 Å². The van der Waals surface area contributed by atoms with Crippen molar-refractivity contribution in [2.45, 2.75) is 48.3 Å². The van der Waals surface area contributed by atoms with Gasteiger partial charge in [-0.25, -0.2) is 0 Å². The fourth-order valence-corrected chi connectivity index (χ4v) is 4.28. The smallest absolute Gasteiger partial charge is 0.224 e. The normalized spacial score (nSPS) is 39.7. The molecule has 0 spiro atoms. The van der Waals surface area contributed by atoms with Crippen LogP contribution in [0.4, 0.5) is 0 Å². The second-order valence-corrected chi connectivity index (χ2v) is 5.56. The van der Waals surface area contributed by atoms with Crippen molar-refractivity contribution < 1.29 is 9.85 Å². The first-order chi connectivity index (χ1) is 7.09. The molecule has 0 radical (unpaired) electrons. The summed E-state index contributed by atoms with van der Waals surface area (Å²) in [6.07, 6.45) is 2.22. The minimum Gasteiger partial charge on any atom is -0.264 e. The monoisotopic (exact) mass is 232 g/mol. The third-order valence-corrected chi connectivity index (χ3v) is 5.04. The molecule has 0 aromatic carbocycles. The van der Waals surface area contributed by atoms with Crippen molar-refractivity contribution in [2.24, 2.45) is 0 Å². The maximum absolute atomic E-state index is 10.7. The van der Waals surface area contributed by atoms with Gasteiger partial charge in [0.05, 0.1) is 10.5 Å². The van der Waals surface area contributed by atoms with Gasteiger partial charge in [-0.3, -0.25) is 20.2 Å². The van der Waals surface area contributed by atoms with Crippen LogP contribution in [0.1, 0.15) is 25.7 Å². The zero-order valence-electron chi connectivity index (χ0n) is 8.07. The van der Waals surface area contributed by atoms with Crippen LogP contribution < -0.4 is 0 Å². The third kappa shape index (κ3) is 1.92. The molecule has 2 saturated heterocycles. The van der Waals surface area contributed by atoms with Crippen molar-refractivity contribution >= 4 is 11.8 Å². The molecule has 0 aromatic heterocycles. The van der Waals surface area contributed by atoms with Crippen molar-refractivity contribution in [1.29, 1.82) is 0 Å². The summed E-state index contributed by atoms with van der Waals surface area (Å²) in [4.78, 5) is 21.0. The Morgan fingerprint density at radius 3 is 1.60 bits per heavy atom. The summed E-state index contributed by atoms with van der Waals surface area (Å²) in [5, 5.41) is 21.4. The molecule has 2 bridgehead atoms. The highest BCUT2D eigenvalue weighted by Gasteiger charge is 2.48. The van der Waals surface area contributed by atoms with Crippen LogP contribution in [0.2, 0.25) is 0 Å². The van der Waals surface area contributed by atoms with Crippen LogP contribution in [-0.4, -0.2) is 32.4 Å². The molecule has 4 unspecified atom stereocenters. The number of rotatable bonds is 2. The molecule has 6 nitrogen and oxygen atoms in total. The minimum absolute atomic E-state index is 0.00468. The predicted octanol–water partition coefficient (Wildman–Crippen LogP) is 1.33. The van der Waals surface area contributed by atoms with Crippen molar-refractivity contribution in [1.82, 2.24) is 0 Å². The molecule has 15 heavy (non-hydrogen) atoms. The second kappa shape index (κ2) is 3.96. The number of nitrogens with zero attached hydrogens (tertiary/aromatic N) is 2. The Labute approximate surface area is 90.7 Å². The molecule has 2 heterocycles. The average molecular weight is 232 g/mol. The molecule has 0 N–H and O–H groups in total. The summed E-state index contributed by atoms with van der Waals surface area (Å²) in [6, 6.07) is -0.974. The van der Waals surface area contributed by atoms with Gasteiger partial charge in [0, 0.05) is 22.7 Å². The minimum atomic E-state index is -0.487. The van der Waals surface area contributed by atoms with Gasteiger partial charge in [-0.15, -0.1) is 11.8 Å². The Bertz CT molecular complexity index is 270. The Morgan fingerprint density at radius 1 is 0.867 bits per heavy atom. The molecule has 0 aliphatic carbocycles. The van der Waals surface area contributed by atoms with Gasteiger partial charge in [0.1, 0.15) is 0 Å². The lowest BCUT2D eigenvalue weighted by molar-refractivity contribution is -0.536. The van der Waals surface area contributed by atoms with E-state index >= 15 is 0 Å². The zero-order valence-corrected chi connectivity index (χ0v) is 8.89. The summed E-state index contributed by atoms with van der Waals surface area (Å²) in [5.41, 5.74) is 0. The molecule has 0 aromatic rings. The highest BCUT2D eigenvalue weighted by atomic mass is 32.2. The Morgan fingerprint density at radius 2 is 1.27 bits per heavy atom. The van der Waals surface area contributed by atoms with Crippen LogP contribution in [0.25, 0.3) is 0 Å². The maximum atomic E-state index is 10.7. The summed E-state index contributed by atoms with van der Waals surface area (Å²) in [5.74, 6) is 0. The molecular formula is C8H12N2O4S. The van der Waals surface area contributed by atoms with Crippen molar-refractivity contribution in [3.8, 4) is 0 Å². The van der Waals surface area contributed by atoms with Gasteiger partial charge in [0.2, 0.25) is 12.1 Å². The Kier molecular flexibility index (Phi) is 2.81. The lowest BCUT2D eigenvalue weighted by atomic mass is 9.92. The molecule has 2 fully saturated rings. The summed E-state index contributed by atoms with van der Waals surface area (Å²) in [7, 11) is 0. The van der Waals surface area contributed by atoms with Gasteiger partial charge in [0.15, 0.2) is 0 Å². The van der Waals surface area contributed by atoms with Crippen LogP contribution in [0, 0.1) is 20.2 Å². The van der Waals surface area contributed by atoms with Crippen LogP contribution in [-0.2, 0) is 0 Å². The van der Waals surface area contributed by atoms with Crippen molar-refractivity contribution in [2.75, 3.05) is 0 Å². The number of fused-ring (bicyclic) bond motifs is 2. The quantitative estimate of drug-likeness (QED) is 0.529. The van der Waals surface area contributed by atoms with Crippen molar-refractivity contribution in [3.05, 3.63) is 20.2 Å². The van der Waals surface area contributed by atoms with E-state index in [0.717, 1.165) is 0 Å². The van der Waals surface area contributed by atoms with Crippen LogP contribution >= 0.6 is 11.8 Å². The summed E-state index contributed by atoms with van der Waals surface area (Å²) in [6.45, 7) is 0. The van der Waals surface area contributed by atoms with E-state index in [2.05, 4.69) is 0 Å². The molecule has 2 rings (SSSR count). The first-order valence-corrected chi connectivity index (χ1v) is 5.96. The summed E-state index contributed by atoms with van der Waals surface area (Å²) < 4.78 is 0. The van der Waals surface area contributed by atoms with E-state index in [1.807, 2.05) is 0 Å². The van der Waals surface area contributed by atoms with Crippen LogP contribution in [0.3, 0.4) is 0 Å². The molecular weight excluding hydrogens is 220 g/mol. The predicted molar refractivity (Wildman–Crippen MR) is 55.2 cm³/mol. The molecule has 0 amide bonds. The van der Waals surface area contributed by atoms with Crippen LogP contribution in [0.15, 0.2) is 0 Å².